The first-order valence-corrected chi connectivity index (χ1v) is 5.57. The molecule has 0 aliphatic heterocycles. The molecule has 1 rings (SSSR count). The van der Waals surface area contributed by atoms with E-state index in [1.165, 1.54) is 0 Å². The van der Waals surface area contributed by atoms with Gasteiger partial charge in [0.1, 0.15) is 5.75 Å². The Morgan fingerprint density at radius 3 is 2.33 bits per heavy atom. The van der Waals surface area contributed by atoms with E-state index < -0.39 is 0 Å². The molecule has 0 saturated heterocycles. The van der Waals surface area contributed by atoms with Gasteiger partial charge in [-0.15, -0.1) is 0 Å². The first-order valence-electron chi connectivity index (χ1n) is 4.94. The number of thiol groups is 1. The Bertz CT molecular complexity index is 376. The first-order chi connectivity index (χ1) is 7.19. The van der Waals surface area contributed by atoms with Gasteiger partial charge in [0.2, 0.25) is 0 Å². The van der Waals surface area contributed by atoms with Crippen LogP contribution in [0.4, 0.5) is 0 Å². The quantitative estimate of drug-likeness (QED) is 0.595. The molecule has 80 valence electrons. The van der Waals surface area contributed by atoms with Gasteiger partial charge in [-0.2, -0.15) is 12.6 Å². The Morgan fingerprint density at radius 1 is 1.27 bits per heavy atom. The van der Waals surface area contributed by atoms with Gasteiger partial charge >= 0.3 is 0 Å². The Morgan fingerprint density at radius 2 is 1.87 bits per heavy atom. The molecule has 2 heteroatoms. The van der Waals surface area contributed by atoms with Gasteiger partial charge in [0.25, 0.3) is 0 Å². The molecule has 1 aromatic rings. The maximum absolute atomic E-state index is 5.30. The summed E-state index contributed by atoms with van der Waals surface area (Å²) >= 11 is 4.12. The van der Waals surface area contributed by atoms with Crippen LogP contribution >= 0.6 is 12.6 Å². The molecule has 0 spiro atoms. The van der Waals surface area contributed by atoms with E-state index in [0.717, 1.165) is 34.6 Å². The van der Waals surface area contributed by atoms with E-state index in [-0.39, 0.29) is 0 Å². The smallest absolute Gasteiger partial charge is 0.124 e. The number of hydrogen-bond donors (Lipinski definition) is 1. The lowest BCUT2D eigenvalue weighted by molar-refractivity contribution is 0.408. The van der Waals surface area contributed by atoms with Crippen molar-refractivity contribution in [1.82, 2.24) is 0 Å². The third-order valence-electron chi connectivity index (χ3n) is 2.13. The van der Waals surface area contributed by atoms with E-state index in [4.69, 9.17) is 4.74 Å². The zero-order valence-corrected chi connectivity index (χ0v) is 10.3. The summed E-state index contributed by atoms with van der Waals surface area (Å²) in [6.45, 7) is 4.07. The summed E-state index contributed by atoms with van der Waals surface area (Å²) < 4.78 is 5.30. The first kappa shape index (κ1) is 12.0. The minimum Gasteiger partial charge on any atom is -0.496 e. The van der Waals surface area contributed by atoms with Gasteiger partial charge in [0.15, 0.2) is 0 Å². The highest BCUT2D eigenvalue weighted by molar-refractivity contribution is 7.80. The van der Waals surface area contributed by atoms with Crippen molar-refractivity contribution < 1.29 is 4.74 Å². The SMILES string of the molecule is COc1c(C)cc(C#CCCS)cc1C. The van der Waals surface area contributed by atoms with Crippen LogP contribution in [0.3, 0.4) is 0 Å². The molecule has 0 bridgehead atoms. The molecule has 0 unspecified atom stereocenters. The topological polar surface area (TPSA) is 9.23 Å². The van der Waals surface area contributed by atoms with Gasteiger partial charge < -0.3 is 4.74 Å². The maximum atomic E-state index is 5.30. The van der Waals surface area contributed by atoms with Crippen LogP contribution < -0.4 is 4.74 Å². The summed E-state index contributed by atoms with van der Waals surface area (Å²) in [6, 6.07) is 4.11. The molecule has 0 radical (unpaired) electrons. The average Bonchev–Trinajstić information content (AvgIpc) is 2.18. The van der Waals surface area contributed by atoms with Crippen molar-refractivity contribution in [2.75, 3.05) is 12.9 Å². The van der Waals surface area contributed by atoms with Crippen LogP contribution in [0.15, 0.2) is 12.1 Å². The molecule has 15 heavy (non-hydrogen) atoms. The summed E-state index contributed by atoms with van der Waals surface area (Å²) in [5.41, 5.74) is 3.31. The molecular weight excluding hydrogens is 204 g/mol. The molecule has 0 N–H and O–H groups in total. The van der Waals surface area contributed by atoms with E-state index in [1.807, 2.05) is 13.8 Å². The van der Waals surface area contributed by atoms with Crippen molar-refractivity contribution in [1.29, 1.82) is 0 Å². The largest absolute Gasteiger partial charge is 0.496 e. The van der Waals surface area contributed by atoms with Crippen LogP contribution in [0.5, 0.6) is 5.75 Å². The Labute approximate surface area is 97.3 Å². The monoisotopic (exact) mass is 220 g/mol. The minimum absolute atomic E-state index is 0.807. The number of methoxy groups -OCH3 is 1. The predicted molar refractivity (Wildman–Crippen MR) is 67.8 cm³/mol. The molecule has 1 aromatic carbocycles. The zero-order valence-electron chi connectivity index (χ0n) is 9.42. The molecule has 1 nitrogen and oxygen atoms in total. The molecule has 0 atom stereocenters. The number of benzene rings is 1. The van der Waals surface area contributed by atoms with E-state index in [0.29, 0.717) is 0 Å². The second kappa shape index (κ2) is 5.72. The van der Waals surface area contributed by atoms with E-state index in [1.54, 1.807) is 7.11 Å². The fourth-order valence-corrected chi connectivity index (χ4v) is 1.68. The van der Waals surface area contributed by atoms with Crippen LogP contribution in [0, 0.1) is 25.7 Å². The molecule has 0 aliphatic rings. The van der Waals surface area contributed by atoms with Crippen LogP contribution in [-0.2, 0) is 0 Å². The molecule has 0 fully saturated rings. The lowest BCUT2D eigenvalue weighted by Crippen LogP contribution is -1.92. The van der Waals surface area contributed by atoms with Crippen LogP contribution in [0.25, 0.3) is 0 Å². The summed E-state index contributed by atoms with van der Waals surface area (Å²) in [5.74, 6) is 7.96. The standard InChI is InChI=1S/C13H16OS/c1-10-8-12(6-4-5-7-15)9-11(2)13(10)14-3/h8-9,15H,5,7H2,1-3H3. The van der Waals surface area contributed by atoms with Crippen LogP contribution in [-0.4, -0.2) is 12.9 Å². The molecule has 0 aromatic heterocycles. The van der Waals surface area contributed by atoms with Gasteiger partial charge in [0.05, 0.1) is 7.11 Å². The zero-order chi connectivity index (χ0) is 11.3. The predicted octanol–water partition coefficient (Wildman–Crippen LogP) is 2.98. The fourth-order valence-electron chi connectivity index (χ4n) is 1.56. The van der Waals surface area contributed by atoms with Crippen LogP contribution in [0.1, 0.15) is 23.1 Å². The van der Waals surface area contributed by atoms with E-state index in [2.05, 4.69) is 36.6 Å². The highest BCUT2D eigenvalue weighted by Crippen LogP contribution is 2.23. The summed E-state index contributed by atoms with van der Waals surface area (Å²) in [6.07, 6.45) is 0.827. The van der Waals surface area contributed by atoms with E-state index >= 15 is 0 Å². The van der Waals surface area contributed by atoms with Crippen molar-refractivity contribution in [2.24, 2.45) is 0 Å². The number of rotatable bonds is 2. The van der Waals surface area contributed by atoms with Gasteiger partial charge in [0, 0.05) is 17.7 Å². The normalized spacial score (nSPS) is 9.33. The molecule has 0 heterocycles. The molecule has 0 saturated carbocycles. The number of ether oxygens (including phenoxy) is 1. The second-order valence-electron chi connectivity index (χ2n) is 3.42. The highest BCUT2D eigenvalue weighted by Gasteiger charge is 2.03. The third-order valence-corrected chi connectivity index (χ3v) is 2.36. The fraction of sp³-hybridized carbons (Fsp3) is 0.385. The van der Waals surface area contributed by atoms with Crippen molar-refractivity contribution in [3.8, 4) is 17.6 Å². The second-order valence-corrected chi connectivity index (χ2v) is 3.87. The van der Waals surface area contributed by atoms with Crippen molar-refractivity contribution in [3.05, 3.63) is 28.8 Å². The number of hydrogen-bond acceptors (Lipinski definition) is 2. The summed E-state index contributed by atoms with van der Waals surface area (Å²) in [4.78, 5) is 0. The number of aryl methyl sites for hydroxylation is 2. The Kier molecular flexibility index (Phi) is 4.58. The molecule has 0 aliphatic carbocycles. The molecular formula is C13H16OS. The third kappa shape index (κ3) is 3.21. The Balaban J connectivity index is 3.00. The Hall–Kier alpha value is -1.07. The van der Waals surface area contributed by atoms with Gasteiger partial charge in [-0.3, -0.25) is 0 Å². The highest BCUT2D eigenvalue weighted by atomic mass is 32.1. The lowest BCUT2D eigenvalue weighted by atomic mass is 10.1. The van der Waals surface area contributed by atoms with Gasteiger partial charge in [-0.25, -0.2) is 0 Å². The molecule has 0 amide bonds. The van der Waals surface area contributed by atoms with Crippen molar-refractivity contribution in [3.63, 3.8) is 0 Å². The van der Waals surface area contributed by atoms with E-state index in [9.17, 15) is 0 Å². The maximum Gasteiger partial charge on any atom is 0.124 e. The summed E-state index contributed by atoms with van der Waals surface area (Å²) in [5, 5.41) is 0. The van der Waals surface area contributed by atoms with Gasteiger partial charge in [-0.05, 0) is 37.1 Å². The van der Waals surface area contributed by atoms with Crippen LogP contribution in [0.2, 0.25) is 0 Å². The van der Waals surface area contributed by atoms with Crippen molar-refractivity contribution >= 4 is 12.6 Å². The minimum atomic E-state index is 0.807. The lowest BCUT2D eigenvalue weighted by Gasteiger charge is -2.08. The average molecular weight is 220 g/mol. The van der Waals surface area contributed by atoms with Crippen molar-refractivity contribution in [2.45, 2.75) is 20.3 Å². The van der Waals surface area contributed by atoms with Gasteiger partial charge in [-0.1, -0.05) is 11.8 Å². The summed E-state index contributed by atoms with van der Waals surface area (Å²) in [7, 11) is 1.70.